The molecule has 6 atom stereocenters. The largest absolute Gasteiger partial charge is 0.465 e. The molecule has 1 spiro atoms. The number of nitrogens with zero attached hydrogens (tertiary/aromatic N) is 2. The molecule has 4 aliphatic rings. The summed E-state index contributed by atoms with van der Waals surface area (Å²) in [6.07, 6.45) is 12.0. The number of aliphatic hydroxyl groups excluding tert-OH is 1. The van der Waals surface area contributed by atoms with Crippen molar-refractivity contribution >= 4 is 17.8 Å². The van der Waals surface area contributed by atoms with Gasteiger partial charge in [0.05, 0.1) is 30.8 Å². The van der Waals surface area contributed by atoms with Gasteiger partial charge in [0.15, 0.2) is 0 Å². The van der Waals surface area contributed by atoms with Crippen LogP contribution in [0.25, 0.3) is 0 Å². The zero-order valence-corrected chi connectivity index (χ0v) is 25.6. The molecule has 1 N–H and O–H groups in total. The predicted molar refractivity (Wildman–Crippen MR) is 164 cm³/mol. The molecule has 2 unspecified atom stereocenters. The third-order valence-corrected chi connectivity index (χ3v) is 10.4. The van der Waals surface area contributed by atoms with E-state index < -0.39 is 41.1 Å². The van der Waals surface area contributed by atoms with E-state index in [0.717, 1.165) is 44.1 Å². The molecule has 3 heterocycles. The Kier molecular flexibility index (Phi) is 9.76. The van der Waals surface area contributed by atoms with Gasteiger partial charge in [-0.1, -0.05) is 68.7 Å². The second-order valence-corrected chi connectivity index (χ2v) is 12.8. The van der Waals surface area contributed by atoms with Gasteiger partial charge in [-0.15, -0.1) is 13.2 Å². The van der Waals surface area contributed by atoms with E-state index in [1.54, 1.807) is 17.1 Å². The van der Waals surface area contributed by atoms with Crippen LogP contribution in [0.4, 0.5) is 0 Å². The maximum absolute atomic E-state index is 14.9. The van der Waals surface area contributed by atoms with Crippen molar-refractivity contribution in [3.63, 3.8) is 0 Å². The topological polar surface area (TPSA) is 96.4 Å². The van der Waals surface area contributed by atoms with Crippen LogP contribution in [0.15, 0.2) is 55.6 Å². The second kappa shape index (κ2) is 13.3. The first-order valence-corrected chi connectivity index (χ1v) is 16.2. The number of hydrogen-bond donors (Lipinski definition) is 1. The Hall–Kier alpha value is -2.97. The van der Waals surface area contributed by atoms with Crippen molar-refractivity contribution in [1.29, 1.82) is 0 Å². The molecule has 3 saturated heterocycles. The number of unbranched alkanes of at least 4 members (excludes halogenated alkanes) is 1. The maximum Gasteiger partial charge on any atom is 0.312 e. The van der Waals surface area contributed by atoms with Crippen LogP contribution in [0.3, 0.4) is 0 Å². The predicted octanol–water partition coefficient (Wildman–Crippen LogP) is 4.60. The van der Waals surface area contributed by atoms with E-state index in [1.807, 2.05) is 42.2 Å². The summed E-state index contributed by atoms with van der Waals surface area (Å²) in [6.45, 7) is 9.97. The number of aliphatic hydroxyl groups is 1. The summed E-state index contributed by atoms with van der Waals surface area (Å²) in [6, 6.07) is 8.16. The van der Waals surface area contributed by atoms with Crippen LogP contribution >= 0.6 is 0 Å². The van der Waals surface area contributed by atoms with Gasteiger partial charge in [0.2, 0.25) is 11.8 Å². The van der Waals surface area contributed by atoms with Gasteiger partial charge in [-0.05, 0) is 56.9 Å². The quantitative estimate of drug-likeness (QED) is 0.193. The fourth-order valence-corrected chi connectivity index (χ4v) is 8.42. The molecule has 1 aliphatic carbocycles. The lowest BCUT2D eigenvalue weighted by molar-refractivity contribution is -0.164. The average molecular weight is 593 g/mol. The van der Waals surface area contributed by atoms with Crippen LogP contribution < -0.4 is 0 Å². The number of carbonyl (C=O) groups excluding carboxylic acids is 3. The van der Waals surface area contributed by atoms with Crippen molar-refractivity contribution in [2.24, 2.45) is 11.8 Å². The normalized spacial score (nSPS) is 30.6. The minimum atomic E-state index is -1.16. The number of carbonyl (C=O) groups is 3. The average Bonchev–Trinajstić information content (AvgIpc) is 3.65. The van der Waals surface area contributed by atoms with E-state index in [4.69, 9.17) is 9.47 Å². The number of amides is 2. The Morgan fingerprint density at radius 2 is 1.91 bits per heavy atom. The highest BCUT2D eigenvalue weighted by atomic mass is 16.6. The number of likely N-dealkylation sites (tertiary alicyclic amines) is 1. The summed E-state index contributed by atoms with van der Waals surface area (Å²) in [5.74, 6) is -2.54. The SMILES string of the molecule is C=CCCCOC(=O)[C@@H]1[C@H]2C(=O)N([C@@H](CO)Cc3ccccc3)C(C(=O)N(CC=C)C3CCCCC3)C23CC[C@@]1(CC)O3. The maximum atomic E-state index is 14.9. The van der Waals surface area contributed by atoms with Crippen molar-refractivity contribution in [2.45, 2.75) is 107 Å². The van der Waals surface area contributed by atoms with Crippen LogP contribution in [0.2, 0.25) is 0 Å². The lowest BCUT2D eigenvalue weighted by Crippen LogP contribution is -2.60. The third-order valence-electron chi connectivity index (χ3n) is 10.4. The van der Waals surface area contributed by atoms with Gasteiger partial charge in [0.25, 0.3) is 0 Å². The van der Waals surface area contributed by atoms with E-state index in [1.165, 1.54) is 0 Å². The fraction of sp³-hybridized carbons (Fsp3) is 0.629. The van der Waals surface area contributed by atoms with Gasteiger partial charge in [0.1, 0.15) is 17.6 Å². The highest BCUT2D eigenvalue weighted by molar-refractivity contribution is 5.99. The highest BCUT2D eigenvalue weighted by Gasteiger charge is 2.79. The van der Waals surface area contributed by atoms with E-state index in [-0.39, 0.29) is 31.1 Å². The Morgan fingerprint density at radius 3 is 2.56 bits per heavy atom. The second-order valence-electron chi connectivity index (χ2n) is 12.8. The molecule has 8 nitrogen and oxygen atoms in total. The number of hydrogen-bond acceptors (Lipinski definition) is 6. The Labute approximate surface area is 256 Å². The van der Waals surface area contributed by atoms with Gasteiger partial charge in [-0.2, -0.15) is 0 Å². The molecular weight excluding hydrogens is 544 g/mol. The summed E-state index contributed by atoms with van der Waals surface area (Å²) in [5.41, 5.74) is -1.06. The van der Waals surface area contributed by atoms with E-state index in [0.29, 0.717) is 38.6 Å². The smallest absolute Gasteiger partial charge is 0.312 e. The van der Waals surface area contributed by atoms with Crippen LogP contribution in [-0.4, -0.2) is 81.8 Å². The van der Waals surface area contributed by atoms with E-state index >= 15 is 0 Å². The molecule has 8 heteroatoms. The summed E-state index contributed by atoms with van der Waals surface area (Å²) in [5, 5.41) is 10.7. The van der Waals surface area contributed by atoms with Crippen LogP contribution in [-0.2, 0) is 30.3 Å². The molecule has 234 valence electrons. The van der Waals surface area contributed by atoms with Gasteiger partial charge in [-0.3, -0.25) is 14.4 Å². The Balaban J connectivity index is 1.56. The van der Waals surface area contributed by atoms with Gasteiger partial charge >= 0.3 is 5.97 Å². The fourth-order valence-electron chi connectivity index (χ4n) is 8.42. The highest BCUT2D eigenvalue weighted by Crippen LogP contribution is 2.65. The molecule has 43 heavy (non-hydrogen) atoms. The van der Waals surface area contributed by atoms with E-state index in [2.05, 4.69) is 13.2 Å². The first kappa shape index (κ1) is 31.5. The van der Waals surface area contributed by atoms with Gasteiger partial charge in [-0.25, -0.2) is 0 Å². The van der Waals surface area contributed by atoms with Gasteiger partial charge < -0.3 is 24.4 Å². The molecule has 2 amide bonds. The molecule has 1 aromatic carbocycles. The van der Waals surface area contributed by atoms with Crippen molar-refractivity contribution in [1.82, 2.24) is 9.80 Å². The van der Waals surface area contributed by atoms with Crippen LogP contribution in [0.5, 0.6) is 0 Å². The third kappa shape index (κ3) is 5.57. The molecule has 0 aromatic heterocycles. The van der Waals surface area contributed by atoms with Crippen LogP contribution in [0, 0.1) is 11.8 Å². The zero-order valence-electron chi connectivity index (χ0n) is 25.6. The van der Waals surface area contributed by atoms with Crippen molar-refractivity contribution in [3.8, 4) is 0 Å². The number of benzene rings is 1. The number of esters is 1. The number of allylic oxidation sites excluding steroid dienone is 1. The van der Waals surface area contributed by atoms with Crippen molar-refractivity contribution in [3.05, 3.63) is 61.2 Å². The molecule has 1 aromatic rings. The molecule has 0 radical (unpaired) electrons. The summed E-state index contributed by atoms with van der Waals surface area (Å²) in [7, 11) is 0. The molecule has 4 fully saturated rings. The Morgan fingerprint density at radius 1 is 1.16 bits per heavy atom. The van der Waals surface area contributed by atoms with Crippen molar-refractivity contribution < 1.29 is 29.0 Å². The monoisotopic (exact) mass is 592 g/mol. The standard InChI is InChI=1S/C35H48N2O6/c1-4-7-14-22-42-33(41)29-28-31(39)37(27(24-38)23-25-15-10-8-11-16-25)30(35(28)20-19-34(29,6-3)43-35)32(40)36(21-5-2)26-17-12-9-13-18-26/h4-5,8,10-11,15-16,26-30,38H,1-2,6-7,9,12-14,17-24H2,3H3/t27-,28+,29+,30?,34-,35?/m1/s1. The zero-order chi connectivity index (χ0) is 30.6. The minimum Gasteiger partial charge on any atom is -0.465 e. The molecule has 3 aliphatic heterocycles. The summed E-state index contributed by atoms with van der Waals surface area (Å²) < 4.78 is 12.7. The molecule has 2 bridgehead atoms. The molecular formula is C35H48N2O6. The minimum absolute atomic E-state index is 0.0534. The molecule has 5 rings (SSSR count). The first-order valence-electron chi connectivity index (χ1n) is 16.2. The molecule has 1 saturated carbocycles. The van der Waals surface area contributed by atoms with Crippen LogP contribution in [0.1, 0.15) is 76.7 Å². The Bertz CT molecular complexity index is 1180. The number of rotatable bonds is 14. The lowest BCUT2D eigenvalue weighted by atomic mass is 9.65. The lowest BCUT2D eigenvalue weighted by Gasteiger charge is -2.42. The first-order chi connectivity index (χ1) is 20.9. The number of fused-ring (bicyclic) bond motifs is 1. The summed E-state index contributed by atoms with van der Waals surface area (Å²) >= 11 is 0. The van der Waals surface area contributed by atoms with Gasteiger partial charge in [0, 0.05) is 12.6 Å². The summed E-state index contributed by atoms with van der Waals surface area (Å²) in [4.78, 5) is 46.9. The van der Waals surface area contributed by atoms with Crippen molar-refractivity contribution in [2.75, 3.05) is 19.8 Å². The number of ether oxygens (including phenoxy) is 2. The van der Waals surface area contributed by atoms with E-state index in [9.17, 15) is 19.5 Å².